The van der Waals surface area contributed by atoms with E-state index in [2.05, 4.69) is 10.6 Å². The second-order valence-corrected chi connectivity index (χ2v) is 6.39. The summed E-state index contributed by atoms with van der Waals surface area (Å²) in [6.45, 7) is 2.03. The lowest BCUT2D eigenvalue weighted by Gasteiger charge is -2.15. The number of carbonyl (C=O) groups excluding carboxylic acids is 2. The summed E-state index contributed by atoms with van der Waals surface area (Å²) in [4.78, 5) is 24.6. The van der Waals surface area contributed by atoms with Gasteiger partial charge in [0.05, 0.1) is 16.8 Å². The van der Waals surface area contributed by atoms with Crippen molar-refractivity contribution in [3.8, 4) is 0 Å². The molecule has 3 rings (SSSR count). The molecule has 2 N–H and O–H groups in total. The van der Waals surface area contributed by atoms with Crippen LogP contribution in [0.5, 0.6) is 0 Å². The monoisotopic (exact) mass is 314 g/mol. The van der Waals surface area contributed by atoms with Crippen LogP contribution in [0, 0.1) is 5.92 Å². The Hall–Kier alpha value is -2.14. The number of thiophene rings is 1. The quantitative estimate of drug-likeness (QED) is 0.887. The molecule has 1 unspecified atom stereocenters. The Bertz CT molecular complexity index is 678. The third kappa shape index (κ3) is 3.36. The minimum Gasteiger partial charge on any atom is -0.349 e. The van der Waals surface area contributed by atoms with Gasteiger partial charge in [0.15, 0.2) is 0 Å². The van der Waals surface area contributed by atoms with Crippen LogP contribution in [0.4, 0.5) is 5.69 Å². The number of hydrogen-bond acceptors (Lipinski definition) is 3. The molecule has 5 heteroatoms. The molecule has 2 amide bonds. The summed E-state index contributed by atoms with van der Waals surface area (Å²) in [6.07, 6.45) is 2.36. The van der Waals surface area contributed by atoms with Crippen LogP contribution in [-0.4, -0.2) is 17.9 Å². The van der Waals surface area contributed by atoms with Gasteiger partial charge in [0.25, 0.3) is 11.8 Å². The summed E-state index contributed by atoms with van der Waals surface area (Å²) >= 11 is 1.47. The zero-order valence-corrected chi connectivity index (χ0v) is 13.2. The number of para-hydroxylation sites is 1. The highest BCUT2D eigenvalue weighted by atomic mass is 32.1. The highest BCUT2D eigenvalue weighted by Gasteiger charge is 2.29. The fraction of sp³-hybridized carbons (Fsp3) is 0.294. The molecule has 0 aliphatic heterocycles. The van der Waals surface area contributed by atoms with E-state index in [9.17, 15) is 9.59 Å². The van der Waals surface area contributed by atoms with Crippen molar-refractivity contribution in [3.63, 3.8) is 0 Å². The first kappa shape index (κ1) is 14.8. The van der Waals surface area contributed by atoms with Crippen molar-refractivity contribution in [2.75, 3.05) is 5.32 Å². The smallest absolute Gasteiger partial charge is 0.256 e. The predicted octanol–water partition coefficient (Wildman–Crippen LogP) is 3.53. The average Bonchev–Trinajstić information content (AvgIpc) is 3.22. The van der Waals surface area contributed by atoms with Gasteiger partial charge >= 0.3 is 0 Å². The molecule has 1 aromatic heterocycles. The van der Waals surface area contributed by atoms with Crippen LogP contribution in [0.25, 0.3) is 0 Å². The Kier molecular flexibility index (Phi) is 4.24. The van der Waals surface area contributed by atoms with E-state index in [4.69, 9.17) is 0 Å². The summed E-state index contributed by atoms with van der Waals surface area (Å²) in [5.74, 6) is 0.258. The van der Waals surface area contributed by atoms with Gasteiger partial charge in [-0.15, -0.1) is 0 Å². The molecular weight excluding hydrogens is 296 g/mol. The lowest BCUT2D eigenvalue weighted by Crippen LogP contribution is -2.34. The Morgan fingerprint density at radius 2 is 1.95 bits per heavy atom. The van der Waals surface area contributed by atoms with Crippen LogP contribution < -0.4 is 10.6 Å². The van der Waals surface area contributed by atoms with E-state index < -0.39 is 0 Å². The summed E-state index contributed by atoms with van der Waals surface area (Å²) in [7, 11) is 0. The molecule has 1 aromatic carbocycles. The number of benzene rings is 1. The third-order valence-corrected chi connectivity index (χ3v) is 4.57. The Labute approximate surface area is 133 Å². The SMILES string of the molecule is CC(NC(=O)c1ccccc1NC(=O)c1ccsc1)C1CC1. The number of rotatable bonds is 5. The first-order valence-electron chi connectivity index (χ1n) is 7.38. The Balaban J connectivity index is 1.74. The molecule has 0 saturated heterocycles. The van der Waals surface area contributed by atoms with Crippen LogP contribution in [0.3, 0.4) is 0 Å². The number of hydrogen-bond donors (Lipinski definition) is 2. The summed E-state index contributed by atoms with van der Waals surface area (Å²) in [5.41, 5.74) is 1.64. The second-order valence-electron chi connectivity index (χ2n) is 5.61. The minimum absolute atomic E-state index is 0.138. The standard InChI is InChI=1S/C17H18N2O2S/c1-11(12-6-7-12)18-17(21)14-4-2-3-5-15(14)19-16(20)13-8-9-22-10-13/h2-5,8-12H,6-7H2,1H3,(H,18,21)(H,19,20). The van der Waals surface area contributed by atoms with E-state index in [1.165, 1.54) is 24.2 Å². The third-order valence-electron chi connectivity index (χ3n) is 3.89. The maximum absolute atomic E-state index is 12.4. The minimum atomic E-state index is -0.197. The first-order chi connectivity index (χ1) is 10.6. The molecule has 1 aliphatic carbocycles. The molecule has 114 valence electrons. The Morgan fingerprint density at radius 1 is 1.18 bits per heavy atom. The Morgan fingerprint density at radius 3 is 2.64 bits per heavy atom. The van der Waals surface area contributed by atoms with Gasteiger partial charge < -0.3 is 10.6 Å². The number of anilines is 1. The molecule has 0 spiro atoms. The highest BCUT2D eigenvalue weighted by Crippen LogP contribution is 2.32. The van der Waals surface area contributed by atoms with E-state index in [1.54, 1.807) is 29.6 Å². The lowest BCUT2D eigenvalue weighted by atomic mass is 10.1. The maximum atomic E-state index is 12.4. The average molecular weight is 314 g/mol. The maximum Gasteiger partial charge on any atom is 0.256 e. The summed E-state index contributed by atoms with van der Waals surface area (Å²) in [5, 5.41) is 9.47. The fourth-order valence-corrected chi connectivity index (χ4v) is 3.01. The van der Waals surface area contributed by atoms with Crippen molar-refractivity contribution in [1.29, 1.82) is 0 Å². The van der Waals surface area contributed by atoms with Crippen LogP contribution >= 0.6 is 11.3 Å². The molecule has 2 aromatic rings. The van der Waals surface area contributed by atoms with Crippen LogP contribution in [0.15, 0.2) is 41.1 Å². The molecule has 1 atom stereocenters. The lowest BCUT2D eigenvalue weighted by molar-refractivity contribution is 0.0936. The zero-order chi connectivity index (χ0) is 15.5. The zero-order valence-electron chi connectivity index (χ0n) is 12.3. The van der Waals surface area contributed by atoms with Gasteiger partial charge in [0.2, 0.25) is 0 Å². The van der Waals surface area contributed by atoms with Crippen LogP contribution in [0.2, 0.25) is 0 Å². The molecule has 0 bridgehead atoms. The van der Waals surface area contributed by atoms with Gasteiger partial charge in [0, 0.05) is 11.4 Å². The molecular formula is C17H18N2O2S. The van der Waals surface area contributed by atoms with Crippen molar-refractivity contribution in [2.24, 2.45) is 5.92 Å². The number of carbonyl (C=O) groups is 2. The first-order valence-corrected chi connectivity index (χ1v) is 8.33. The molecule has 1 aliphatic rings. The normalized spacial score (nSPS) is 15.1. The predicted molar refractivity (Wildman–Crippen MR) is 88.4 cm³/mol. The summed E-state index contributed by atoms with van der Waals surface area (Å²) < 4.78 is 0. The molecule has 1 saturated carbocycles. The largest absolute Gasteiger partial charge is 0.349 e. The van der Waals surface area contributed by atoms with E-state index >= 15 is 0 Å². The van der Waals surface area contributed by atoms with E-state index in [0.717, 1.165) is 0 Å². The van der Waals surface area contributed by atoms with Crippen molar-refractivity contribution < 1.29 is 9.59 Å². The van der Waals surface area contributed by atoms with Crippen molar-refractivity contribution in [1.82, 2.24) is 5.32 Å². The van der Waals surface area contributed by atoms with Gasteiger partial charge in [-0.2, -0.15) is 11.3 Å². The van der Waals surface area contributed by atoms with Gasteiger partial charge in [-0.3, -0.25) is 9.59 Å². The van der Waals surface area contributed by atoms with Crippen LogP contribution in [-0.2, 0) is 0 Å². The van der Waals surface area contributed by atoms with Gasteiger partial charge in [-0.1, -0.05) is 12.1 Å². The van der Waals surface area contributed by atoms with Gasteiger partial charge in [-0.25, -0.2) is 0 Å². The van der Waals surface area contributed by atoms with E-state index in [0.29, 0.717) is 22.7 Å². The molecule has 4 nitrogen and oxygen atoms in total. The molecule has 22 heavy (non-hydrogen) atoms. The second kappa shape index (κ2) is 6.32. The summed E-state index contributed by atoms with van der Waals surface area (Å²) in [6, 6.07) is 9.03. The van der Waals surface area contributed by atoms with Gasteiger partial charge in [0.1, 0.15) is 0 Å². The fourth-order valence-electron chi connectivity index (χ4n) is 2.38. The molecule has 0 radical (unpaired) electrons. The molecule has 1 fully saturated rings. The topological polar surface area (TPSA) is 58.2 Å². The molecule has 1 heterocycles. The van der Waals surface area contributed by atoms with Crippen molar-refractivity contribution in [2.45, 2.75) is 25.8 Å². The van der Waals surface area contributed by atoms with Crippen molar-refractivity contribution in [3.05, 3.63) is 52.2 Å². The van der Waals surface area contributed by atoms with Crippen LogP contribution in [0.1, 0.15) is 40.5 Å². The van der Waals surface area contributed by atoms with Gasteiger partial charge in [-0.05, 0) is 49.3 Å². The number of amides is 2. The van der Waals surface area contributed by atoms with E-state index in [1.807, 2.05) is 18.4 Å². The highest BCUT2D eigenvalue weighted by molar-refractivity contribution is 7.08. The number of nitrogens with one attached hydrogen (secondary N) is 2. The van der Waals surface area contributed by atoms with E-state index in [-0.39, 0.29) is 17.9 Å². The van der Waals surface area contributed by atoms with Crippen molar-refractivity contribution >= 4 is 28.8 Å².